The first-order valence-corrected chi connectivity index (χ1v) is 6.37. The zero-order valence-corrected chi connectivity index (χ0v) is 11.5. The van der Waals surface area contributed by atoms with Crippen LogP contribution >= 0.6 is 0 Å². The van der Waals surface area contributed by atoms with E-state index < -0.39 is 0 Å². The fourth-order valence-electron chi connectivity index (χ4n) is 1.86. The van der Waals surface area contributed by atoms with Crippen LogP contribution in [0.3, 0.4) is 0 Å². The van der Waals surface area contributed by atoms with E-state index in [0.29, 0.717) is 17.9 Å². The number of phenolic OH excluding ortho intramolecular Hbond substituents is 1. The van der Waals surface area contributed by atoms with Crippen molar-refractivity contribution in [2.75, 3.05) is 11.9 Å². The number of aromatic hydroxyl groups is 1. The van der Waals surface area contributed by atoms with Crippen molar-refractivity contribution in [3.05, 3.63) is 46.6 Å². The first-order chi connectivity index (χ1) is 9.61. The minimum Gasteiger partial charge on any atom is -0.508 e. The smallest absolute Gasteiger partial charge is 0.166 e. The fourth-order valence-corrected chi connectivity index (χ4v) is 1.86. The van der Waals surface area contributed by atoms with E-state index >= 15 is 0 Å². The summed E-state index contributed by atoms with van der Waals surface area (Å²) in [5.41, 5.74) is 3.27. The van der Waals surface area contributed by atoms with Gasteiger partial charge in [-0.15, -0.1) is 5.10 Å². The van der Waals surface area contributed by atoms with Crippen LogP contribution in [-0.4, -0.2) is 21.8 Å². The fraction of sp³-hybridized carbons (Fsp3) is 0.267. The predicted octanol–water partition coefficient (Wildman–Crippen LogP) is 2.33. The molecule has 1 aromatic carbocycles. The molecule has 1 heterocycles. The molecule has 0 saturated heterocycles. The number of hydrogen-bond acceptors (Lipinski definition) is 5. The van der Waals surface area contributed by atoms with E-state index in [2.05, 4.69) is 21.6 Å². The van der Waals surface area contributed by atoms with Crippen molar-refractivity contribution in [2.24, 2.45) is 0 Å². The number of hydrogen-bond donors (Lipinski definition) is 2. The largest absolute Gasteiger partial charge is 0.508 e. The molecule has 0 radical (unpaired) electrons. The third-order valence-electron chi connectivity index (χ3n) is 3.21. The molecule has 0 aliphatic carbocycles. The minimum atomic E-state index is 0.258. The van der Waals surface area contributed by atoms with Gasteiger partial charge in [0, 0.05) is 6.54 Å². The predicted molar refractivity (Wildman–Crippen MR) is 76.5 cm³/mol. The standard InChI is InChI=1S/C15H16N4O/c1-10-11(2)18-19-15(14(10)9-16)17-8-7-12-3-5-13(20)6-4-12/h3-6,20H,7-8H2,1-2H3,(H,17,19). The molecule has 5 nitrogen and oxygen atoms in total. The molecule has 0 atom stereocenters. The maximum absolute atomic E-state index is 9.21. The number of phenols is 1. The van der Waals surface area contributed by atoms with Crippen LogP contribution in [0.4, 0.5) is 5.82 Å². The lowest BCUT2D eigenvalue weighted by molar-refractivity contribution is 0.475. The Labute approximate surface area is 117 Å². The summed E-state index contributed by atoms with van der Waals surface area (Å²) in [6, 6.07) is 9.22. The van der Waals surface area contributed by atoms with E-state index in [1.54, 1.807) is 12.1 Å². The van der Waals surface area contributed by atoms with E-state index in [9.17, 15) is 10.4 Å². The van der Waals surface area contributed by atoms with Crippen LogP contribution in [0.15, 0.2) is 24.3 Å². The summed E-state index contributed by atoms with van der Waals surface area (Å²) in [5.74, 6) is 0.780. The molecule has 0 spiro atoms. The van der Waals surface area contributed by atoms with Gasteiger partial charge in [-0.1, -0.05) is 12.1 Å². The Balaban J connectivity index is 2.03. The molecule has 0 amide bonds. The van der Waals surface area contributed by atoms with Crippen LogP contribution in [0.5, 0.6) is 5.75 Å². The van der Waals surface area contributed by atoms with Crippen molar-refractivity contribution in [1.82, 2.24) is 10.2 Å². The van der Waals surface area contributed by atoms with Gasteiger partial charge in [-0.2, -0.15) is 10.4 Å². The van der Waals surface area contributed by atoms with Gasteiger partial charge in [0.1, 0.15) is 17.4 Å². The summed E-state index contributed by atoms with van der Waals surface area (Å²) in [5, 5.41) is 29.6. The molecule has 2 rings (SSSR count). The Kier molecular flexibility index (Phi) is 4.16. The van der Waals surface area contributed by atoms with E-state index in [-0.39, 0.29) is 5.75 Å². The first kappa shape index (κ1) is 13.8. The number of anilines is 1. The molecule has 2 aromatic rings. The quantitative estimate of drug-likeness (QED) is 0.889. The number of aryl methyl sites for hydroxylation is 1. The summed E-state index contributed by atoms with van der Waals surface area (Å²) in [4.78, 5) is 0. The Morgan fingerprint density at radius 1 is 1.20 bits per heavy atom. The van der Waals surface area contributed by atoms with Gasteiger partial charge in [-0.3, -0.25) is 0 Å². The minimum absolute atomic E-state index is 0.258. The third kappa shape index (κ3) is 3.04. The Morgan fingerprint density at radius 3 is 2.55 bits per heavy atom. The zero-order chi connectivity index (χ0) is 14.5. The summed E-state index contributed by atoms with van der Waals surface area (Å²) in [7, 11) is 0. The molecule has 2 N–H and O–H groups in total. The Morgan fingerprint density at radius 2 is 1.90 bits per heavy atom. The van der Waals surface area contributed by atoms with Crippen LogP contribution in [0.25, 0.3) is 0 Å². The summed E-state index contributed by atoms with van der Waals surface area (Å²) in [6.45, 7) is 4.35. The molecule has 5 heteroatoms. The number of aromatic nitrogens is 2. The Bertz CT molecular complexity index is 644. The SMILES string of the molecule is Cc1nnc(NCCc2ccc(O)cc2)c(C#N)c1C. The van der Waals surface area contributed by atoms with Crippen molar-refractivity contribution >= 4 is 5.82 Å². The highest BCUT2D eigenvalue weighted by atomic mass is 16.3. The van der Waals surface area contributed by atoms with E-state index in [0.717, 1.165) is 23.2 Å². The van der Waals surface area contributed by atoms with Gasteiger partial charge in [0.25, 0.3) is 0 Å². The van der Waals surface area contributed by atoms with Crippen LogP contribution in [-0.2, 0) is 6.42 Å². The molecular weight excluding hydrogens is 252 g/mol. The third-order valence-corrected chi connectivity index (χ3v) is 3.21. The first-order valence-electron chi connectivity index (χ1n) is 6.37. The van der Waals surface area contributed by atoms with E-state index in [4.69, 9.17) is 0 Å². The summed E-state index contributed by atoms with van der Waals surface area (Å²) < 4.78 is 0. The second kappa shape index (κ2) is 6.02. The van der Waals surface area contributed by atoms with E-state index in [1.165, 1.54) is 0 Å². The highest BCUT2D eigenvalue weighted by Gasteiger charge is 2.09. The molecule has 0 unspecified atom stereocenters. The van der Waals surface area contributed by atoms with E-state index in [1.807, 2.05) is 26.0 Å². The maximum Gasteiger partial charge on any atom is 0.166 e. The van der Waals surface area contributed by atoms with Gasteiger partial charge in [0.15, 0.2) is 5.82 Å². The zero-order valence-electron chi connectivity index (χ0n) is 11.5. The van der Waals surface area contributed by atoms with Crippen molar-refractivity contribution in [3.63, 3.8) is 0 Å². The van der Waals surface area contributed by atoms with Gasteiger partial charge in [0.05, 0.1) is 5.69 Å². The lowest BCUT2D eigenvalue weighted by Gasteiger charge is -2.09. The molecule has 1 aromatic heterocycles. The summed E-state index contributed by atoms with van der Waals surface area (Å²) >= 11 is 0. The van der Waals surface area contributed by atoms with Gasteiger partial charge >= 0.3 is 0 Å². The normalized spacial score (nSPS) is 10.1. The average molecular weight is 268 g/mol. The second-order valence-corrected chi connectivity index (χ2v) is 4.59. The number of nitrogens with zero attached hydrogens (tertiary/aromatic N) is 3. The van der Waals surface area contributed by atoms with Crippen molar-refractivity contribution in [2.45, 2.75) is 20.3 Å². The molecule has 0 aliphatic heterocycles. The number of nitriles is 1. The van der Waals surface area contributed by atoms with Crippen LogP contribution in [0.1, 0.15) is 22.4 Å². The highest BCUT2D eigenvalue weighted by Crippen LogP contribution is 2.17. The molecule has 0 saturated carbocycles. The van der Waals surface area contributed by atoms with Crippen molar-refractivity contribution in [1.29, 1.82) is 5.26 Å². The van der Waals surface area contributed by atoms with Gasteiger partial charge in [0.2, 0.25) is 0 Å². The molecule has 0 aliphatic rings. The van der Waals surface area contributed by atoms with Crippen LogP contribution in [0.2, 0.25) is 0 Å². The topological polar surface area (TPSA) is 81.8 Å². The molecule has 0 bridgehead atoms. The monoisotopic (exact) mass is 268 g/mol. The number of benzene rings is 1. The lowest BCUT2D eigenvalue weighted by atomic mass is 10.1. The van der Waals surface area contributed by atoms with Gasteiger partial charge < -0.3 is 10.4 Å². The van der Waals surface area contributed by atoms with Crippen LogP contribution in [0, 0.1) is 25.2 Å². The molecular formula is C15H16N4O. The average Bonchev–Trinajstić information content (AvgIpc) is 2.45. The van der Waals surface area contributed by atoms with Crippen molar-refractivity contribution < 1.29 is 5.11 Å². The number of nitrogens with one attached hydrogen (secondary N) is 1. The summed E-state index contributed by atoms with van der Waals surface area (Å²) in [6.07, 6.45) is 0.778. The lowest BCUT2D eigenvalue weighted by Crippen LogP contribution is -2.10. The highest BCUT2D eigenvalue weighted by molar-refractivity contribution is 5.55. The van der Waals surface area contributed by atoms with Crippen LogP contribution < -0.4 is 5.32 Å². The Hall–Kier alpha value is -2.61. The van der Waals surface area contributed by atoms with Crippen molar-refractivity contribution in [3.8, 4) is 11.8 Å². The number of rotatable bonds is 4. The van der Waals surface area contributed by atoms with Gasteiger partial charge in [-0.05, 0) is 43.5 Å². The van der Waals surface area contributed by atoms with Gasteiger partial charge in [-0.25, -0.2) is 0 Å². The maximum atomic E-state index is 9.21. The molecule has 20 heavy (non-hydrogen) atoms. The molecule has 0 fully saturated rings. The molecule has 102 valence electrons. The second-order valence-electron chi connectivity index (χ2n) is 4.59.